The van der Waals surface area contributed by atoms with Gasteiger partial charge < -0.3 is 31.5 Å². The van der Waals surface area contributed by atoms with Crippen LogP contribution in [0.5, 0.6) is 0 Å². The molecule has 0 bridgehead atoms. The summed E-state index contributed by atoms with van der Waals surface area (Å²) >= 11 is 0. The minimum atomic E-state index is -1.84. The zero-order valence-corrected chi connectivity index (χ0v) is 26.7. The first kappa shape index (κ1) is 37.4. The van der Waals surface area contributed by atoms with Gasteiger partial charge in [0.2, 0.25) is 17.7 Å². The van der Waals surface area contributed by atoms with Gasteiger partial charge in [-0.15, -0.1) is 0 Å². The molecule has 4 amide bonds. The fourth-order valence-corrected chi connectivity index (χ4v) is 4.68. The molecule has 0 aromatic carbocycles. The average molecular weight is 570 g/mol. The number of carbonyl (C=O) groups excluding carboxylic acids is 5. The number of hydrogen-bond donors (Lipinski definition) is 5. The summed E-state index contributed by atoms with van der Waals surface area (Å²) in [5.74, 6) is -1.35. The van der Waals surface area contributed by atoms with Crippen molar-refractivity contribution in [3.63, 3.8) is 0 Å². The van der Waals surface area contributed by atoms with Crippen LogP contribution in [0, 0.1) is 17.8 Å². The van der Waals surface area contributed by atoms with Crippen molar-refractivity contribution >= 4 is 29.9 Å². The number of hydrogen-bond acceptors (Lipinski definition) is 8. The second kappa shape index (κ2) is 16.0. The molecule has 0 heterocycles. The lowest BCUT2D eigenvalue weighted by Crippen LogP contribution is -2.74. The van der Waals surface area contributed by atoms with Gasteiger partial charge in [0.15, 0.2) is 6.29 Å². The molecule has 0 rings (SSSR count). The van der Waals surface area contributed by atoms with Crippen molar-refractivity contribution in [1.82, 2.24) is 31.1 Å². The molecule has 0 saturated heterocycles. The molecule has 0 radical (unpaired) electrons. The van der Waals surface area contributed by atoms with Crippen LogP contribution in [-0.2, 0) is 24.0 Å². The summed E-state index contributed by atoms with van der Waals surface area (Å²) in [6, 6.07) is -2.18. The Kier molecular flexibility index (Phi) is 15.0. The number of aldehydes is 1. The highest BCUT2D eigenvalue weighted by Crippen LogP contribution is 2.20. The van der Waals surface area contributed by atoms with E-state index in [-0.39, 0.29) is 23.7 Å². The summed E-state index contributed by atoms with van der Waals surface area (Å²) in [7, 11) is 6.21. The van der Waals surface area contributed by atoms with Gasteiger partial charge in [-0.1, -0.05) is 41.5 Å². The van der Waals surface area contributed by atoms with Gasteiger partial charge in [-0.25, -0.2) is 0 Å². The molecule has 12 nitrogen and oxygen atoms in total. The first-order valence-electron chi connectivity index (χ1n) is 14.1. The predicted octanol–water partition coefficient (Wildman–Crippen LogP) is 0.409. The molecule has 12 heteroatoms. The summed E-state index contributed by atoms with van der Waals surface area (Å²) < 4.78 is 0. The smallest absolute Gasteiger partial charge is 0.257 e. The third kappa shape index (κ3) is 11.1. The molecule has 0 spiro atoms. The Labute approximate surface area is 240 Å². The SMILES string of the molecule is CNC(=O)C(CC(C)C)N(C)C(=O)C(CC(C)C)N(C)C(=O)C(C)(N)NC(C)(C=O)NC(=O)C(CC(C)C)NC. The van der Waals surface area contributed by atoms with Crippen LogP contribution in [0.3, 0.4) is 0 Å². The lowest BCUT2D eigenvalue weighted by molar-refractivity contribution is -0.151. The Bertz CT molecular complexity index is 877. The molecular formula is C28H55N7O5. The zero-order chi connectivity index (χ0) is 31.6. The molecule has 0 saturated carbocycles. The van der Waals surface area contributed by atoms with E-state index in [1.165, 1.54) is 37.7 Å². The summed E-state index contributed by atoms with van der Waals surface area (Å²) in [6.45, 7) is 14.5. The Morgan fingerprint density at radius 3 is 1.68 bits per heavy atom. The largest absolute Gasteiger partial charge is 0.357 e. The zero-order valence-electron chi connectivity index (χ0n) is 26.7. The van der Waals surface area contributed by atoms with Crippen LogP contribution < -0.4 is 27.0 Å². The number of carbonyl (C=O) groups is 5. The molecule has 6 N–H and O–H groups in total. The fraction of sp³-hybridized carbons (Fsp3) is 0.821. The lowest BCUT2D eigenvalue weighted by Gasteiger charge is -2.41. The number of likely N-dealkylation sites (N-methyl/N-ethyl adjacent to an activating group) is 4. The molecule has 0 aliphatic carbocycles. The molecule has 0 aromatic heterocycles. The van der Waals surface area contributed by atoms with E-state index in [0.717, 1.165) is 0 Å². The molecule has 0 aromatic rings. The van der Waals surface area contributed by atoms with Crippen LogP contribution in [0.15, 0.2) is 0 Å². The Morgan fingerprint density at radius 1 is 0.800 bits per heavy atom. The van der Waals surface area contributed by atoms with Crippen LogP contribution >= 0.6 is 0 Å². The first-order chi connectivity index (χ1) is 18.3. The van der Waals surface area contributed by atoms with E-state index in [9.17, 15) is 24.0 Å². The molecule has 5 unspecified atom stereocenters. The van der Waals surface area contributed by atoms with Crippen molar-refractivity contribution in [3.05, 3.63) is 0 Å². The van der Waals surface area contributed by atoms with Crippen LogP contribution in [0.25, 0.3) is 0 Å². The van der Waals surface area contributed by atoms with E-state index >= 15 is 0 Å². The van der Waals surface area contributed by atoms with Crippen LogP contribution in [-0.4, -0.2) is 97.4 Å². The van der Waals surface area contributed by atoms with E-state index in [0.29, 0.717) is 25.5 Å². The Balaban J connectivity index is 6.09. The minimum absolute atomic E-state index is 0.0390. The number of amides is 4. The van der Waals surface area contributed by atoms with Gasteiger partial charge in [-0.2, -0.15) is 0 Å². The van der Waals surface area contributed by atoms with Crippen molar-refractivity contribution in [1.29, 1.82) is 0 Å². The fourth-order valence-electron chi connectivity index (χ4n) is 4.68. The van der Waals surface area contributed by atoms with Crippen molar-refractivity contribution < 1.29 is 24.0 Å². The first-order valence-corrected chi connectivity index (χ1v) is 14.1. The third-order valence-electron chi connectivity index (χ3n) is 6.78. The van der Waals surface area contributed by atoms with Gasteiger partial charge in [0, 0.05) is 21.1 Å². The maximum absolute atomic E-state index is 13.7. The van der Waals surface area contributed by atoms with Gasteiger partial charge in [-0.3, -0.25) is 29.3 Å². The highest BCUT2D eigenvalue weighted by molar-refractivity contribution is 5.94. The topological polar surface area (TPSA) is 166 Å². The van der Waals surface area contributed by atoms with E-state index in [1.54, 1.807) is 14.1 Å². The van der Waals surface area contributed by atoms with Gasteiger partial charge in [0.1, 0.15) is 23.4 Å². The van der Waals surface area contributed by atoms with Crippen LogP contribution in [0.2, 0.25) is 0 Å². The number of nitrogens with one attached hydrogen (secondary N) is 4. The van der Waals surface area contributed by atoms with Crippen molar-refractivity contribution in [2.75, 3.05) is 28.2 Å². The molecule has 0 aliphatic rings. The van der Waals surface area contributed by atoms with E-state index in [1.807, 2.05) is 41.5 Å². The minimum Gasteiger partial charge on any atom is -0.357 e. The molecule has 0 aliphatic heterocycles. The van der Waals surface area contributed by atoms with Gasteiger partial charge in [-0.05, 0) is 57.9 Å². The molecule has 40 heavy (non-hydrogen) atoms. The highest BCUT2D eigenvalue weighted by atomic mass is 16.2. The third-order valence-corrected chi connectivity index (χ3v) is 6.78. The quantitative estimate of drug-likeness (QED) is 0.124. The molecule has 5 atom stereocenters. The maximum Gasteiger partial charge on any atom is 0.257 e. The second-order valence-electron chi connectivity index (χ2n) is 12.4. The van der Waals surface area contributed by atoms with Gasteiger partial charge in [0.25, 0.3) is 5.91 Å². The molecule has 0 fully saturated rings. The number of nitrogens with two attached hydrogens (primary N) is 1. The van der Waals surface area contributed by atoms with E-state index < -0.39 is 47.2 Å². The summed E-state index contributed by atoms with van der Waals surface area (Å²) in [6.07, 6.45) is 1.80. The summed E-state index contributed by atoms with van der Waals surface area (Å²) in [5.41, 5.74) is 2.91. The van der Waals surface area contributed by atoms with Crippen molar-refractivity contribution in [2.45, 2.75) is 104 Å². The number of rotatable bonds is 17. The monoisotopic (exact) mass is 569 g/mol. The molecule has 232 valence electrons. The standard InChI is InChI=1S/C28H55N7O5/c1-17(2)13-20(30-9)23(37)32-27(7,16-36)33-28(8,29)26(40)35(12)22(15-19(5)6)25(39)34(11)21(14-18(3)4)24(38)31-10/h16-22,30,33H,13-15,29H2,1-12H3,(H,31,38)(H,32,37). The summed E-state index contributed by atoms with van der Waals surface area (Å²) in [5, 5.41) is 11.0. The summed E-state index contributed by atoms with van der Waals surface area (Å²) in [4.78, 5) is 67.7. The maximum atomic E-state index is 13.7. The normalized spacial score (nSPS) is 16.9. The highest BCUT2D eigenvalue weighted by Gasteiger charge is 2.43. The van der Waals surface area contributed by atoms with E-state index in [2.05, 4.69) is 21.3 Å². The second-order valence-corrected chi connectivity index (χ2v) is 12.4. The lowest BCUT2D eigenvalue weighted by atomic mass is 9.97. The van der Waals surface area contributed by atoms with Crippen LogP contribution in [0.4, 0.5) is 0 Å². The van der Waals surface area contributed by atoms with Gasteiger partial charge >= 0.3 is 0 Å². The van der Waals surface area contributed by atoms with Crippen molar-refractivity contribution in [2.24, 2.45) is 23.5 Å². The average Bonchev–Trinajstić information content (AvgIpc) is 2.85. The Hall–Kier alpha value is -2.57. The van der Waals surface area contributed by atoms with Crippen molar-refractivity contribution in [3.8, 4) is 0 Å². The number of nitrogens with zero attached hydrogens (tertiary/aromatic N) is 2. The van der Waals surface area contributed by atoms with Crippen LogP contribution in [0.1, 0.15) is 74.7 Å². The van der Waals surface area contributed by atoms with Gasteiger partial charge in [0.05, 0.1) is 6.04 Å². The predicted molar refractivity (Wildman–Crippen MR) is 157 cm³/mol. The van der Waals surface area contributed by atoms with E-state index in [4.69, 9.17) is 5.73 Å². The molecular weight excluding hydrogens is 514 g/mol. The Morgan fingerprint density at radius 2 is 1.27 bits per heavy atom.